The van der Waals surface area contributed by atoms with Gasteiger partial charge in [-0.15, -0.1) is 0 Å². The summed E-state index contributed by atoms with van der Waals surface area (Å²) in [6.45, 7) is 6.16. The van der Waals surface area contributed by atoms with Crippen molar-refractivity contribution in [1.82, 2.24) is 15.0 Å². The highest BCUT2D eigenvalue weighted by atomic mass is 15.1. The summed E-state index contributed by atoms with van der Waals surface area (Å²) < 4.78 is 0. The van der Waals surface area contributed by atoms with Crippen LogP contribution in [-0.4, -0.2) is 22.4 Å². The zero-order valence-electron chi connectivity index (χ0n) is 10.5. The summed E-state index contributed by atoms with van der Waals surface area (Å²) in [6, 6.07) is 2.14. The van der Waals surface area contributed by atoms with E-state index in [0.29, 0.717) is 5.95 Å². The minimum absolute atomic E-state index is 0.596. The highest BCUT2D eigenvalue weighted by Crippen LogP contribution is 2.16. The molecule has 0 bridgehead atoms. The van der Waals surface area contributed by atoms with E-state index in [2.05, 4.69) is 40.1 Å². The number of fused-ring (bicyclic) bond motifs is 1. The van der Waals surface area contributed by atoms with Crippen molar-refractivity contribution in [1.29, 1.82) is 0 Å². The number of nitrogens with zero attached hydrogens (tertiary/aromatic N) is 3. The van der Waals surface area contributed by atoms with Crippen molar-refractivity contribution < 1.29 is 0 Å². The molecule has 2 rings (SSSR count). The van der Waals surface area contributed by atoms with Crippen LogP contribution in [0.2, 0.25) is 6.82 Å². The van der Waals surface area contributed by atoms with Crippen LogP contribution in [0, 0.1) is 0 Å². The maximum atomic E-state index is 4.60. The molecule has 17 heavy (non-hydrogen) atoms. The molecule has 87 valence electrons. The Morgan fingerprint density at radius 3 is 2.71 bits per heavy atom. The average molecular weight is 227 g/mol. The molecule has 0 aromatic carbocycles. The fourth-order valence-corrected chi connectivity index (χ4v) is 1.86. The van der Waals surface area contributed by atoms with Gasteiger partial charge in [0.2, 0.25) is 13.4 Å². The standard InChI is InChI=1S/C12H16BN4/c1-4-8-6-9-7-14-12(17-13-3)16-11(9)15-10(8)5-2/h6-7H,4-5H2,1-3H3,(H,14,15,16,17). The lowest BCUT2D eigenvalue weighted by atomic mass is 10.0. The molecule has 2 heterocycles. The topological polar surface area (TPSA) is 50.7 Å². The molecule has 0 aliphatic heterocycles. The molecule has 0 unspecified atom stereocenters. The predicted molar refractivity (Wildman–Crippen MR) is 71.3 cm³/mol. The van der Waals surface area contributed by atoms with Gasteiger partial charge in [0.05, 0.1) is 0 Å². The molecule has 2 aromatic rings. The predicted octanol–water partition coefficient (Wildman–Crippen LogP) is 2.23. The fourth-order valence-electron chi connectivity index (χ4n) is 1.86. The quantitative estimate of drug-likeness (QED) is 0.813. The van der Waals surface area contributed by atoms with Crippen molar-refractivity contribution in [3.63, 3.8) is 0 Å². The molecule has 0 amide bonds. The van der Waals surface area contributed by atoms with Crippen LogP contribution >= 0.6 is 0 Å². The van der Waals surface area contributed by atoms with Crippen molar-refractivity contribution in [2.75, 3.05) is 5.23 Å². The number of anilines is 1. The van der Waals surface area contributed by atoms with Crippen molar-refractivity contribution in [2.24, 2.45) is 0 Å². The smallest absolute Gasteiger partial charge is 0.243 e. The van der Waals surface area contributed by atoms with Gasteiger partial charge in [-0.05, 0) is 24.5 Å². The highest BCUT2D eigenvalue weighted by Gasteiger charge is 2.06. The van der Waals surface area contributed by atoms with Crippen LogP contribution in [0.3, 0.4) is 0 Å². The molecule has 1 radical (unpaired) electrons. The number of rotatable bonds is 4. The van der Waals surface area contributed by atoms with Crippen LogP contribution in [0.25, 0.3) is 11.0 Å². The number of aryl methyl sites for hydroxylation is 2. The second-order valence-electron chi connectivity index (χ2n) is 3.84. The second-order valence-corrected chi connectivity index (χ2v) is 3.84. The molecule has 0 saturated heterocycles. The van der Waals surface area contributed by atoms with Crippen LogP contribution in [0.1, 0.15) is 25.1 Å². The first kappa shape index (κ1) is 11.8. The Morgan fingerprint density at radius 2 is 2.06 bits per heavy atom. The number of pyridine rings is 1. The lowest BCUT2D eigenvalue weighted by Crippen LogP contribution is -2.06. The van der Waals surface area contributed by atoms with E-state index in [4.69, 9.17) is 0 Å². The van der Waals surface area contributed by atoms with Gasteiger partial charge in [-0.25, -0.2) is 9.97 Å². The summed E-state index contributed by atoms with van der Waals surface area (Å²) in [4.78, 5) is 13.2. The molecule has 2 aromatic heterocycles. The third-order valence-electron chi connectivity index (χ3n) is 2.73. The third-order valence-corrected chi connectivity index (χ3v) is 2.73. The van der Waals surface area contributed by atoms with E-state index < -0.39 is 0 Å². The van der Waals surface area contributed by atoms with E-state index >= 15 is 0 Å². The Bertz CT molecular complexity index is 527. The number of aromatic nitrogens is 3. The number of hydrogen-bond acceptors (Lipinski definition) is 4. The molecule has 0 saturated carbocycles. The molecule has 0 aliphatic rings. The largest absolute Gasteiger partial charge is 0.402 e. The minimum Gasteiger partial charge on any atom is -0.402 e. The van der Waals surface area contributed by atoms with Crippen LogP contribution in [-0.2, 0) is 12.8 Å². The van der Waals surface area contributed by atoms with Gasteiger partial charge in [-0.2, -0.15) is 4.98 Å². The Balaban J connectivity index is 2.54. The number of hydrogen-bond donors (Lipinski definition) is 1. The summed E-state index contributed by atoms with van der Waals surface area (Å²) in [5, 5.41) is 3.98. The first-order valence-corrected chi connectivity index (χ1v) is 5.98. The summed E-state index contributed by atoms with van der Waals surface area (Å²) in [7, 11) is 1.81. The Hall–Kier alpha value is -1.65. The Morgan fingerprint density at radius 1 is 1.24 bits per heavy atom. The molecule has 0 fully saturated rings. The maximum Gasteiger partial charge on any atom is 0.243 e. The van der Waals surface area contributed by atoms with Crippen LogP contribution in [0.15, 0.2) is 12.3 Å². The SMILES string of the molecule is C[B]Nc1ncc2cc(CC)c(CC)nc2n1. The average Bonchev–Trinajstić information content (AvgIpc) is 2.37. The first-order valence-electron chi connectivity index (χ1n) is 5.98. The monoisotopic (exact) mass is 227 g/mol. The highest BCUT2D eigenvalue weighted by molar-refractivity contribution is 6.38. The van der Waals surface area contributed by atoms with E-state index in [1.165, 1.54) is 5.56 Å². The van der Waals surface area contributed by atoms with Gasteiger partial charge in [-0.1, -0.05) is 20.7 Å². The Kier molecular flexibility index (Phi) is 3.56. The summed E-state index contributed by atoms with van der Waals surface area (Å²) in [5.74, 6) is 0.596. The Labute approximate surface area is 102 Å². The lowest BCUT2D eigenvalue weighted by molar-refractivity contribution is 0.972. The van der Waals surface area contributed by atoms with Gasteiger partial charge in [-0.3, -0.25) is 0 Å². The van der Waals surface area contributed by atoms with E-state index in [1.807, 2.05) is 20.4 Å². The van der Waals surface area contributed by atoms with E-state index in [-0.39, 0.29) is 0 Å². The van der Waals surface area contributed by atoms with Crippen molar-refractivity contribution in [3.8, 4) is 0 Å². The molecule has 0 aliphatic carbocycles. The van der Waals surface area contributed by atoms with E-state index in [0.717, 1.165) is 29.6 Å². The summed E-state index contributed by atoms with van der Waals surface area (Å²) in [6.07, 6.45) is 3.75. The zero-order chi connectivity index (χ0) is 12.3. The van der Waals surface area contributed by atoms with Gasteiger partial charge in [0.15, 0.2) is 5.65 Å². The van der Waals surface area contributed by atoms with Gasteiger partial charge in [0.1, 0.15) is 0 Å². The van der Waals surface area contributed by atoms with E-state index in [9.17, 15) is 0 Å². The van der Waals surface area contributed by atoms with Crippen LogP contribution in [0.4, 0.5) is 5.95 Å². The summed E-state index contributed by atoms with van der Waals surface area (Å²) in [5.41, 5.74) is 3.18. The van der Waals surface area contributed by atoms with Crippen molar-refractivity contribution in [3.05, 3.63) is 23.5 Å². The molecule has 5 heteroatoms. The van der Waals surface area contributed by atoms with Gasteiger partial charge < -0.3 is 5.23 Å². The fraction of sp³-hybridized carbons (Fsp3) is 0.417. The van der Waals surface area contributed by atoms with Crippen molar-refractivity contribution in [2.45, 2.75) is 33.5 Å². The van der Waals surface area contributed by atoms with Crippen molar-refractivity contribution >= 4 is 24.4 Å². The normalized spacial score (nSPS) is 10.5. The zero-order valence-corrected chi connectivity index (χ0v) is 10.5. The van der Waals surface area contributed by atoms with Crippen LogP contribution < -0.4 is 5.23 Å². The molecular weight excluding hydrogens is 211 g/mol. The first-order chi connectivity index (χ1) is 8.28. The maximum absolute atomic E-state index is 4.60. The van der Waals surface area contributed by atoms with Gasteiger partial charge in [0, 0.05) is 17.3 Å². The van der Waals surface area contributed by atoms with Gasteiger partial charge in [0.25, 0.3) is 0 Å². The lowest BCUT2D eigenvalue weighted by Gasteiger charge is -2.07. The summed E-state index contributed by atoms with van der Waals surface area (Å²) >= 11 is 0. The third kappa shape index (κ3) is 2.38. The second kappa shape index (κ2) is 5.12. The molecule has 1 N–H and O–H groups in total. The molecule has 0 atom stereocenters. The minimum atomic E-state index is 0.596. The number of nitrogens with one attached hydrogen (secondary N) is 1. The molecular formula is C12H16BN4. The van der Waals surface area contributed by atoms with Crippen LogP contribution in [0.5, 0.6) is 0 Å². The molecule has 0 spiro atoms. The molecule has 4 nitrogen and oxygen atoms in total. The van der Waals surface area contributed by atoms with Gasteiger partial charge >= 0.3 is 0 Å². The van der Waals surface area contributed by atoms with E-state index in [1.54, 1.807) is 0 Å².